The summed E-state index contributed by atoms with van der Waals surface area (Å²) < 4.78 is 10.8. The average Bonchev–Trinajstić information content (AvgIpc) is 3.22. The third kappa shape index (κ3) is 7.21. The quantitative estimate of drug-likeness (QED) is 0.562. The second-order valence-electron chi connectivity index (χ2n) is 8.02. The molecule has 2 aromatic carbocycles. The van der Waals surface area contributed by atoms with E-state index in [-0.39, 0.29) is 18.8 Å². The van der Waals surface area contributed by atoms with Crippen molar-refractivity contribution < 1.29 is 19.4 Å². The Balaban J connectivity index is 1.62. The van der Waals surface area contributed by atoms with Crippen LogP contribution in [0.25, 0.3) is 0 Å². The number of oxime groups is 1. The van der Waals surface area contributed by atoms with Crippen molar-refractivity contribution in [2.45, 2.75) is 45.1 Å². The second kappa shape index (κ2) is 11.5. The highest BCUT2D eigenvalue weighted by molar-refractivity contribution is 6.31. The van der Waals surface area contributed by atoms with Gasteiger partial charge in [0.25, 0.3) is 0 Å². The molecule has 0 saturated carbocycles. The first kappa shape index (κ1) is 23.5. The molecule has 0 aromatic heterocycles. The molecule has 31 heavy (non-hydrogen) atoms. The fraction of sp³-hybridized carbons (Fsp3) is 0.458. The van der Waals surface area contributed by atoms with Gasteiger partial charge in [-0.05, 0) is 55.3 Å². The molecule has 3 rings (SSSR count). The van der Waals surface area contributed by atoms with Gasteiger partial charge in [-0.2, -0.15) is 0 Å². The van der Waals surface area contributed by atoms with E-state index in [1.807, 2.05) is 62.4 Å². The highest BCUT2D eigenvalue weighted by Crippen LogP contribution is 2.22. The van der Waals surface area contributed by atoms with E-state index in [0.29, 0.717) is 31.1 Å². The van der Waals surface area contributed by atoms with Gasteiger partial charge < -0.3 is 19.4 Å². The molecule has 0 amide bonds. The maximum Gasteiger partial charge on any atom is 0.145 e. The van der Waals surface area contributed by atoms with Crippen molar-refractivity contribution in [3.8, 4) is 5.75 Å². The van der Waals surface area contributed by atoms with E-state index in [0.717, 1.165) is 22.6 Å². The van der Waals surface area contributed by atoms with E-state index >= 15 is 0 Å². The molecule has 2 unspecified atom stereocenters. The summed E-state index contributed by atoms with van der Waals surface area (Å²) >= 11 is 6.37. The fourth-order valence-corrected chi connectivity index (χ4v) is 3.69. The molecule has 2 aromatic rings. The van der Waals surface area contributed by atoms with E-state index in [9.17, 15) is 5.11 Å². The van der Waals surface area contributed by atoms with E-state index in [2.05, 4.69) is 10.1 Å². The van der Waals surface area contributed by atoms with Gasteiger partial charge in [0.05, 0.1) is 31.6 Å². The number of nitrogens with zero attached hydrogens (tertiary/aromatic N) is 2. The number of rotatable bonds is 11. The van der Waals surface area contributed by atoms with Crippen LogP contribution in [0.2, 0.25) is 5.02 Å². The fourth-order valence-electron chi connectivity index (χ4n) is 3.49. The number of hydrogen-bond acceptors (Lipinski definition) is 6. The zero-order valence-electron chi connectivity index (χ0n) is 18.3. The minimum Gasteiger partial charge on any atom is -0.497 e. The molecule has 0 aliphatic carbocycles. The summed E-state index contributed by atoms with van der Waals surface area (Å²) in [7, 11) is 1.65. The Morgan fingerprint density at radius 2 is 1.94 bits per heavy atom. The lowest BCUT2D eigenvalue weighted by atomic mass is 10.0. The van der Waals surface area contributed by atoms with Gasteiger partial charge >= 0.3 is 0 Å². The lowest BCUT2D eigenvalue weighted by Gasteiger charge is -2.27. The first-order valence-electron chi connectivity index (χ1n) is 10.6. The van der Waals surface area contributed by atoms with Crippen LogP contribution in [-0.2, 0) is 16.1 Å². The van der Waals surface area contributed by atoms with Crippen molar-refractivity contribution in [1.82, 2.24) is 4.90 Å². The molecular weight excluding hydrogens is 416 g/mol. The van der Waals surface area contributed by atoms with Gasteiger partial charge in [0.2, 0.25) is 0 Å². The van der Waals surface area contributed by atoms with Crippen molar-refractivity contribution in [3.63, 3.8) is 0 Å². The van der Waals surface area contributed by atoms with Crippen LogP contribution in [0, 0.1) is 0 Å². The molecule has 2 atom stereocenters. The van der Waals surface area contributed by atoms with E-state index in [1.54, 1.807) is 7.11 Å². The number of benzene rings is 2. The van der Waals surface area contributed by atoms with Gasteiger partial charge in [-0.1, -0.05) is 35.0 Å². The average molecular weight is 447 g/mol. The second-order valence-corrected chi connectivity index (χ2v) is 8.43. The summed E-state index contributed by atoms with van der Waals surface area (Å²) in [6, 6.07) is 15.6. The van der Waals surface area contributed by atoms with Gasteiger partial charge in [0.15, 0.2) is 0 Å². The lowest BCUT2D eigenvalue weighted by molar-refractivity contribution is -0.0194. The van der Waals surface area contributed by atoms with Crippen molar-refractivity contribution in [2.24, 2.45) is 5.16 Å². The lowest BCUT2D eigenvalue weighted by Crippen LogP contribution is -2.39. The molecule has 168 valence electrons. The minimum absolute atomic E-state index is 0.0743. The van der Waals surface area contributed by atoms with Crippen LogP contribution in [0.3, 0.4) is 0 Å². The summed E-state index contributed by atoms with van der Waals surface area (Å²) in [6.07, 6.45) is 0.0700. The van der Waals surface area contributed by atoms with Gasteiger partial charge in [0.1, 0.15) is 11.9 Å². The van der Waals surface area contributed by atoms with Crippen molar-refractivity contribution in [1.29, 1.82) is 0 Å². The molecule has 1 aliphatic heterocycles. The summed E-state index contributed by atoms with van der Waals surface area (Å²) in [5, 5.41) is 15.5. The number of aliphatic hydroxyl groups is 1. The molecule has 0 saturated heterocycles. The number of aliphatic hydroxyl groups excluding tert-OH is 1. The van der Waals surface area contributed by atoms with Crippen LogP contribution in [-0.4, -0.2) is 60.8 Å². The smallest absolute Gasteiger partial charge is 0.145 e. The van der Waals surface area contributed by atoms with Gasteiger partial charge in [-0.25, -0.2) is 0 Å². The molecule has 0 fully saturated rings. The molecule has 7 heteroatoms. The third-order valence-electron chi connectivity index (χ3n) is 5.06. The molecule has 1 aliphatic rings. The van der Waals surface area contributed by atoms with Crippen molar-refractivity contribution in [2.75, 3.05) is 26.8 Å². The first-order valence-corrected chi connectivity index (χ1v) is 10.9. The zero-order chi connectivity index (χ0) is 22.2. The standard InChI is InChI=1S/C24H31ClN2O4/c1-17(2)30-16-20(28)14-27(13-19-6-4-5-7-23(19)25)15-22-12-24(26-31-22)18-8-10-21(29-3)11-9-18/h4-11,17,20,22,28H,12-16H2,1-3H3. The SMILES string of the molecule is COc1ccc(C2=NOC(CN(Cc3ccccc3Cl)CC(O)COC(C)C)C2)cc1. The number of hydrogen-bond donors (Lipinski definition) is 1. The molecule has 0 bridgehead atoms. The van der Waals surface area contributed by atoms with E-state index in [4.69, 9.17) is 25.9 Å². The van der Waals surface area contributed by atoms with E-state index in [1.165, 1.54) is 0 Å². The summed E-state index contributed by atoms with van der Waals surface area (Å²) in [4.78, 5) is 7.87. The summed E-state index contributed by atoms with van der Waals surface area (Å²) in [6.45, 7) is 5.88. The Bertz CT molecular complexity index is 857. The Labute approximate surface area is 189 Å². The molecular formula is C24H31ClN2O4. The third-order valence-corrected chi connectivity index (χ3v) is 5.43. The van der Waals surface area contributed by atoms with E-state index < -0.39 is 6.10 Å². The van der Waals surface area contributed by atoms with Crippen LogP contribution >= 0.6 is 11.6 Å². The largest absolute Gasteiger partial charge is 0.497 e. The molecule has 0 spiro atoms. The molecule has 1 heterocycles. The van der Waals surface area contributed by atoms with Gasteiger partial charge in [0, 0.05) is 31.1 Å². The highest BCUT2D eigenvalue weighted by atomic mass is 35.5. The zero-order valence-corrected chi connectivity index (χ0v) is 19.1. The summed E-state index contributed by atoms with van der Waals surface area (Å²) in [5.41, 5.74) is 2.94. The highest BCUT2D eigenvalue weighted by Gasteiger charge is 2.26. The Morgan fingerprint density at radius 3 is 2.61 bits per heavy atom. The Hall–Kier alpha value is -2.12. The maximum absolute atomic E-state index is 10.5. The predicted molar refractivity (Wildman–Crippen MR) is 123 cm³/mol. The Morgan fingerprint density at radius 1 is 1.19 bits per heavy atom. The van der Waals surface area contributed by atoms with Gasteiger partial charge in [-0.15, -0.1) is 0 Å². The number of halogens is 1. The van der Waals surface area contributed by atoms with Crippen molar-refractivity contribution in [3.05, 3.63) is 64.7 Å². The van der Waals surface area contributed by atoms with Gasteiger partial charge in [-0.3, -0.25) is 4.90 Å². The monoisotopic (exact) mass is 446 g/mol. The molecule has 0 radical (unpaired) electrons. The minimum atomic E-state index is -0.603. The van der Waals surface area contributed by atoms with Crippen molar-refractivity contribution >= 4 is 17.3 Å². The molecule has 1 N–H and O–H groups in total. The summed E-state index contributed by atoms with van der Waals surface area (Å²) in [5.74, 6) is 0.809. The van der Waals surface area contributed by atoms with Crippen LogP contribution in [0.5, 0.6) is 5.75 Å². The van der Waals surface area contributed by atoms with Crippen LogP contribution in [0.15, 0.2) is 53.7 Å². The Kier molecular flexibility index (Phi) is 8.72. The number of ether oxygens (including phenoxy) is 2. The maximum atomic E-state index is 10.5. The molecule has 6 nitrogen and oxygen atoms in total. The van der Waals surface area contributed by atoms with Crippen LogP contribution in [0.4, 0.5) is 0 Å². The topological polar surface area (TPSA) is 63.5 Å². The predicted octanol–water partition coefficient (Wildman–Crippen LogP) is 4.13. The normalized spacial score (nSPS) is 17.0. The first-order chi connectivity index (χ1) is 14.9. The van der Waals surface area contributed by atoms with Crippen LogP contribution in [0.1, 0.15) is 31.4 Å². The number of methoxy groups -OCH3 is 1. The van der Waals surface area contributed by atoms with Crippen LogP contribution < -0.4 is 4.74 Å².